The summed E-state index contributed by atoms with van der Waals surface area (Å²) in [6.07, 6.45) is 6.40. The molecule has 4 aromatic rings. The predicted octanol–water partition coefficient (Wildman–Crippen LogP) is 6.92. The quantitative estimate of drug-likeness (QED) is 0.194. The molecule has 8 rings (SSSR count). The van der Waals surface area contributed by atoms with Crippen LogP contribution in [0.5, 0.6) is 0 Å². The minimum atomic E-state index is -0.352. The molecule has 0 saturated carbocycles. The van der Waals surface area contributed by atoms with Gasteiger partial charge in [0.1, 0.15) is 35.3 Å². The molecule has 0 fully saturated rings. The van der Waals surface area contributed by atoms with Crippen molar-refractivity contribution in [1.29, 1.82) is 0 Å². The van der Waals surface area contributed by atoms with E-state index in [0.717, 1.165) is 32.3 Å². The second-order valence-corrected chi connectivity index (χ2v) is 13.8. The van der Waals surface area contributed by atoms with Crippen molar-refractivity contribution < 1.29 is 8.78 Å². The van der Waals surface area contributed by atoms with Crippen molar-refractivity contribution in [2.75, 3.05) is 38.0 Å². The minimum Gasteiger partial charge on any atom is -0.375 e. The highest BCUT2D eigenvalue weighted by molar-refractivity contribution is 7.10. The van der Waals surface area contributed by atoms with Crippen LogP contribution in [-0.4, -0.2) is 56.0 Å². The molecule has 4 aliphatic rings. The highest BCUT2D eigenvalue weighted by Gasteiger charge is 2.26. The topological polar surface area (TPSA) is 102 Å². The van der Waals surface area contributed by atoms with E-state index >= 15 is 0 Å². The Hall–Kier alpha value is -5.60. The van der Waals surface area contributed by atoms with Gasteiger partial charge in [-0.2, -0.15) is 0 Å². The molecule has 0 unspecified atom stereocenters. The van der Waals surface area contributed by atoms with Crippen molar-refractivity contribution in [1.82, 2.24) is 27.8 Å². The van der Waals surface area contributed by atoms with Crippen molar-refractivity contribution in [3.8, 4) is 32.3 Å². The first-order chi connectivity index (χ1) is 24.0. The molecular weight excluding hydrogens is 679 g/mol. The highest BCUT2D eigenvalue weighted by atomic mass is 32.1. The Balaban J connectivity index is 0.000000157. The summed E-state index contributed by atoms with van der Waals surface area (Å²) in [6, 6.07) is 12.9. The molecule has 2 aliphatic carbocycles. The van der Waals surface area contributed by atoms with Crippen molar-refractivity contribution in [2.24, 2.45) is 0 Å². The van der Waals surface area contributed by atoms with Crippen LogP contribution in [-0.2, 0) is 0 Å². The van der Waals surface area contributed by atoms with E-state index < -0.39 is 0 Å². The predicted molar refractivity (Wildman–Crippen MR) is 197 cm³/mol. The zero-order chi connectivity index (χ0) is 35.4. The molecule has 0 bridgehead atoms. The van der Waals surface area contributed by atoms with Gasteiger partial charge in [0.25, 0.3) is 11.1 Å². The van der Waals surface area contributed by atoms with Crippen LogP contribution in [0.1, 0.15) is 11.1 Å². The van der Waals surface area contributed by atoms with Crippen molar-refractivity contribution in [3.05, 3.63) is 117 Å². The lowest BCUT2D eigenvalue weighted by Gasteiger charge is -2.13. The summed E-state index contributed by atoms with van der Waals surface area (Å²) in [7, 11) is 7.69. The summed E-state index contributed by atoms with van der Waals surface area (Å²) >= 11 is 2.54. The Morgan fingerprint density at radius 1 is 0.660 bits per heavy atom. The van der Waals surface area contributed by atoms with Gasteiger partial charge in [-0.3, -0.25) is 18.7 Å². The van der Waals surface area contributed by atoms with E-state index in [0.29, 0.717) is 44.3 Å². The molecule has 50 heavy (non-hydrogen) atoms. The number of anilines is 2. The van der Waals surface area contributed by atoms with Crippen molar-refractivity contribution >= 4 is 56.2 Å². The Morgan fingerprint density at radius 2 is 1.20 bits per heavy atom. The lowest BCUT2D eigenvalue weighted by Crippen LogP contribution is -2.19. The molecule has 0 amide bonds. The first-order valence-electron chi connectivity index (χ1n) is 15.4. The average molecular weight is 709 g/mol. The van der Waals surface area contributed by atoms with Gasteiger partial charge in [-0.1, -0.05) is 6.07 Å². The van der Waals surface area contributed by atoms with Crippen LogP contribution in [0.3, 0.4) is 0 Å². The fraction of sp³-hybridized carbons (Fsp3) is 0.167. The third kappa shape index (κ3) is 5.36. The SMILES string of the molecule is Cc1cc(F)ccc1-n1cnc2c(N(C)C)c3ccnsc-3c2c1=O.Cc1ccc(-n2cnc3c(N(C)C)c4ccnsc-4c3c2=O)cc1F. The number of rotatable bonds is 4. The average Bonchev–Trinajstić information content (AvgIpc) is 3.61. The van der Waals surface area contributed by atoms with Crippen LogP contribution in [0.25, 0.3) is 54.1 Å². The van der Waals surface area contributed by atoms with Gasteiger partial charge in [-0.15, -0.1) is 0 Å². The van der Waals surface area contributed by atoms with Gasteiger partial charge in [-0.25, -0.2) is 27.5 Å². The Morgan fingerprint density at radius 3 is 1.72 bits per heavy atom. The summed E-state index contributed by atoms with van der Waals surface area (Å²) in [5.74, 6) is -0.682. The van der Waals surface area contributed by atoms with E-state index in [9.17, 15) is 18.4 Å². The van der Waals surface area contributed by atoms with Crippen LogP contribution in [0, 0.1) is 25.5 Å². The Bertz CT molecular complexity index is 2620. The number of aryl methyl sites for hydroxylation is 2. The fourth-order valence-electron chi connectivity index (χ4n) is 6.17. The zero-order valence-corrected chi connectivity index (χ0v) is 29.5. The third-order valence-corrected chi connectivity index (χ3v) is 10.2. The van der Waals surface area contributed by atoms with Gasteiger partial charge >= 0.3 is 0 Å². The maximum atomic E-state index is 13.9. The number of aromatic nitrogens is 6. The largest absolute Gasteiger partial charge is 0.375 e. The Labute approximate surface area is 293 Å². The summed E-state index contributed by atoms with van der Waals surface area (Å²) < 4.78 is 38.6. The van der Waals surface area contributed by atoms with Crippen LogP contribution < -0.4 is 20.9 Å². The fourth-order valence-corrected chi connectivity index (χ4v) is 7.70. The van der Waals surface area contributed by atoms with Gasteiger partial charge in [-0.05, 0) is 90.5 Å². The van der Waals surface area contributed by atoms with Crippen LogP contribution in [0.4, 0.5) is 20.2 Å². The number of hydrogen-bond donors (Lipinski definition) is 0. The second-order valence-electron chi connectivity index (χ2n) is 12.1. The van der Waals surface area contributed by atoms with E-state index in [1.165, 1.54) is 63.1 Å². The normalized spacial score (nSPS) is 11.4. The van der Waals surface area contributed by atoms with Gasteiger partial charge < -0.3 is 9.80 Å². The molecule has 0 radical (unpaired) electrons. The highest BCUT2D eigenvalue weighted by Crippen LogP contribution is 2.44. The molecule has 2 aromatic heterocycles. The molecule has 10 nitrogen and oxygen atoms in total. The van der Waals surface area contributed by atoms with E-state index in [1.807, 2.05) is 50.1 Å². The Kier molecular flexibility index (Phi) is 8.36. The number of nitrogens with zero attached hydrogens (tertiary/aromatic N) is 8. The molecule has 0 N–H and O–H groups in total. The number of halogens is 2. The second kappa shape index (κ2) is 12.7. The smallest absolute Gasteiger partial charge is 0.267 e. The minimum absolute atomic E-state index is 0.179. The van der Waals surface area contributed by atoms with Gasteiger partial charge in [0.05, 0.1) is 43.3 Å². The van der Waals surface area contributed by atoms with Gasteiger partial charge in [0.2, 0.25) is 0 Å². The molecule has 0 atom stereocenters. The monoisotopic (exact) mass is 708 g/mol. The van der Waals surface area contributed by atoms with Crippen LogP contribution in [0.2, 0.25) is 0 Å². The molecule has 0 saturated heterocycles. The van der Waals surface area contributed by atoms with Crippen LogP contribution >= 0.6 is 23.1 Å². The van der Waals surface area contributed by atoms with Gasteiger partial charge in [0, 0.05) is 51.7 Å². The third-order valence-electron chi connectivity index (χ3n) is 8.48. The maximum Gasteiger partial charge on any atom is 0.267 e. The molecule has 4 heterocycles. The van der Waals surface area contributed by atoms with Crippen molar-refractivity contribution in [2.45, 2.75) is 13.8 Å². The summed E-state index contributed by atoms with van der Waals surface area (Å²) in [5, 5.41) is 1.06. The van der Waals surface area contributed by atoms with Gasteiger partial charge in [0.15, 0.2) is 0 Å². The lowest BCUT2D eigenvalue weighted by molar-refractivity contribution is 0.617. The van der Waals surface area contributed by atoms with E-state index in [4.69, 9.17) is 0 Å². The van der Waals surface area contributed by atoms with Crippen LogP contribution in [0.15, 0.2) is 83.2 Å². The summed E-state index contributed by atoms with van der Waals surface area (Å²) in [4.78, 5) is 40.9. The number of benzene rings is 2. The van der Waals surface area contributed by atoms with Crippen molar-refractivity contribution in [3.63, 3.8) is 0 Å². The lowest BCUT2D eigenvalue weighted by atomic mass is 10.2. The molecule has 14 heteroatoms. The van der Waals surface area contributed by atoms with E-state index in [2.05, 4.69) is 18.7 Å². The summed E-state index contributed by atoms with van der Waals surface area (Å²) in [6.45, 7) is 3.46. The molecule has 2 aliphatic heterocycles. The number of hydrogen-bond acceptors (Lipinski definition) is 10. The molecular formula is C36H30F2N8O2S2. The standard InChI is InChI=1S/2C18H15FN4OS/c1-10-8-11(19)4-5-13(10)23-9-20-15-14(18(23)24)17-12(6-7-21-25-17)16(15)22(2)3;1-10-4-5-11(8-13(10)19)23-9-20-15-14(18(23)24)17-12(6-7-21-25-17)16(15)22(2)3/h2*4-9H,1-3H3. The molecule has 252 valence electrons. The molecule has 0 spiro atoms. The first kappa shape index (κ1) is 32.9. The summed E-state index contributed by atoms with van der Waals surface area (Å²) in [5.41, 5.74) is 6.87. The molecule has 2 aromatic carbocycles. The number of fused-ring (bicyclic) bond motifs is 6. The van der Waals surface area contributed by atoms with E-state index in [1.54, 1.807) is 44.4 Å². The first-order valence-corrected chi connectivity index (χ1v) is 17.0. The maximum absolute atomic E-state index is 13.9. The van der Waals surface area contributed by atoms with E-state index in [-0.39, 0.29) is 22.8 Å². The zero-order valence-electron chi connectivity index (χ0n) is 27.9.